The van der Waals surface area contributed by atoms with E-state index in [4.69, 9.17) is 0 Å². The molecule has 0 unspecified atom stereocenters. The van der Waals surface area contributed by atoms with Crippen LogP contribution in [-0.4, -0.2) is 6.61 Å². The summed E-state index contributed by atoms with van der Waals surface area (Å²) in [4.78, 5) is 0. The van der Waals surface area contributed by atoms with E-state index in [0.717, 1.165) is 16.9 Å². The summed E-state index contributed by atoms with van der Waals surface area (Å²) >= 11 is 0. The largest absolute Gasteiger partial charge is 0.435 e. The van der Waals surface area contributed by atoms with Crippen LogP contribution in [0.4, 0.5) is 13.2 Å². The Labute approximate surface area is 201 Å². The van der Waals surface area contributed by atoms with E-state index in [0.29, 0.717) is 29.7 Å². The van der Waals surface area contributed by atoms with Crippen molar-refractivity contribution in [2.24, 2.45) is 5.92 Å². The first-order valence-corrected chi connectivity index (χ1v) is 12.8. The number of fused-ring (bicyclic) bond motifs is 1. The molecule has 0 aromatic heterocycles. The molecule has 182 valence electrons. The van der Waals surface area contributed by atoms with Crippen LogP contribution in [0, 0.1) is 11.7 Å². The summed E-state index contributed by atoms with van der Waals surface area (Å²) in [6.45, 7) is -0.568. The van der Waals surface area contributed by atoms with Crippen LogP contribution >= 0.6 is 0 Å². The van der Waals surface area contributed by atoms with Gasteiger partial charge in [0.2, 0.25) is 0 Å². The van der Waals surface area contributed by atoms with Crippen LogP contribution in [0.3, 0.4) is 0 Å². The molecule has 34 heavy (non-hydrogen) atoms. The monoisotopic (exact) mass is 468 g/mol. The molecule has 0 atom stereocenters. The standard InChI is InChI=1S/C30H35F3O/c1-2-3-4-5-21-6-11-23(12-7-21)25-16-19-28-26(20-25)15-14-24(29(28)31)13-8-22-9-17-27(18-10-22)34-30(32)33/h9-10,14-21,23,30H,2-8,11-13H2,1H3. The average Bonchev–Trinajstić information content (AvgIpc) is 2.85. The van der Waals surface area contributed by atoms with Crippen LogP contribution < -0.4 is 4.74 Å². The van der Waals surface area contributed by atoms with Crippen molar-refractivity contribution < 1.29 is 17.9 Å². The molecule has 0 amide bonds. The SMILES string of the molecule is CCCCCC1CCC(c2ccc3c(F)c(CCc4ccc(OC(F)F)cc4)ccc3c2)CC1. The minimum absolute atomic E-state index is 0.136. The van der Waals surface area contributed by atoms with Gasteiger partial charge in [0.05, 0.1) is 0 Å². The van der Waals surface area contributed by atoms with Crippen molar-refractivity contribution in [3.8, 4) is 5.75 Å². The summed E-state index contributed by atoms with van der Waals surface area (Å²) in [6, 6.07) is 16.7. The highest BCUT2D eigenvalue weighted by molar-refractivity contribution is 5.84. The van der Waals surface area contributed by atoms with E-state index in [1.54, 1.807) is 12.1 Å². The first-order chi connectivity index (χ1) is 16.5. The molecule has 4 heteroatoms. The Kier molecular flexibility index (Phi) is 8.53. The molecule has 0 aliphatic heterocycles. The number of alkyl halides is 2. The molecule has 0 saturated heterocycles. The molecule has 4 rings (SSSR count). The van der Waals surface area contributed by atoms with Gasteiger partial charge in [-0.3, -0.25) is 0 Å². The summed E-state index contributed by atoms with van der Waals surface area (Å²) in [7, 11) is 0. The third-order valence-electron chi connectivity index (χ3n) is 7.42. The molecule has 0 N–H and O–H groups in total. The fraction of sp³-hybridized carbons (Fsp3) is 0.467. The summed E-state index contributed by atoms with van der Waals surface area (Å²) in [6.07, 6.45) is 11.7. The summed E-state index contributed by atoms with van der Waals surface area (Å²) in [5.41, 5.74) is 2.99. The molecule has 1 aliphatic carbocycles. The molecule has 3 aromatic carbocycles. The second-order valence-corrected chi connectivity index (χ2v) is 9.76. The number of ether oxygens (including phenoxy) is 1. The van der Waals surface area contributed by atoms with E-state index < -0.39 is 6.61 Å². The molecule has 0 spiro atoms. The Morgan fingerprint density at radius 1 is 0.882 bits per heavy atom. The van der Waals surface area contributed by atoms with Crippen molar-refractivity contribution in [1.82, 2.24) is 0 Å². The second kappa shape index (κ2) is 11.8. The summed E-state index contributed by atoms with van der Waals surface area (Å²) in [5.74, 6) is 1.46. The maximum Gasteiger partial charge on any atom is 0.387 e. The highest BCUT2D eigenvalue weighted by Gasteiger charge is 2.22. The molecule has 1 nitrogen and oxygen atoms in total. The number of halogens is 3. The van der Waals surface area contributed by atoms with Crippen LogP contribution in [0.15, 0.2) is 54.6 Å². The van der Waals surface area contributed by atoms with Gasteiger partial charge in [0, 0.05) is 5.39 Å². The topological polar surface area (TPSA) is 9.23 Å². The van der Waals surface area contributed by atoms with Crippen molar-refractivity contribution in [3.63, 3.8) is 0 Å². The van der Waals surface area contributed by atoms with Gasteiger partial charge in [0.25, 0.3) is 0 Å². The fourth-order valence-corrected chi connectivity index (χ4v) is 5.39. The highest BCUT2D eigenvalue weighted by Crippen LogP contribution is 2.39. The van der Waals surface area contributed by atoms with E-state index in [9.17, 15) is 8.78 Å². The van der Waals surface area contributed by atoms with Gasteiger partial charge >= 0.3 is 6.61 Å². The van der Waals surface area contributed by atoms with E-state index in [-0.39, 0.29) is 11.6 Å². The number of benzene rings is 3. The lowest BCUT2D eigenvalue weighted by molar-refractivity contribution is -0.0498. The molecule has 0 radical (unpaired) electrons. The number of hydrogen-bond donors (Lipinski definition) is 0. The fourth-order valence-electron chi connectivity index (χ4n) is 5.39. The Morgan fingerprint density at radius 2 is 1.65 bits per heavy atom. The smallest absolute Gasteiger partial charge is 0.387 e. The first-order valence-electron chi connectivity index (χ1n) is 12.8. The highest BCUT2D eigenvalue weighted by atomic mass is 19.3. The van der Waals surface area contributed by atoms with Crippen molar-refractivity contribution in [2.75, 3.05) is 0 Å². The van der Waals surface area contributed by atoms with Gasteiger partial charge in [-0.05, 0) is 84.6 Å². The summed E-state index contributed by atoms with van der Waals surface area (Å²) < 4.78 is 44.2. The normalized spacial score (nSPS) is 18.5. The minimum Gasteiger partial charge on any atom is -0.435 e. The molecule has 0 heterocycles. The molecule has 0 bridgehead atoms. The first kappa shape index (κ1) is 24.6. The van der Waals surface area contributed by atoms with Gasteiger partial charge in [0.15, 0.2) is 0 Å². The zero-order valence-electron chi connectivity index (χ0n) is 20.0. The molecule has 1 fully saturated rings. The molecular formula is C30H35F3O. The zero-order valence-corrected chi connectivity index (χ0v) is 20.0. The van der Waals surface area contributed by atoms with Crippen molar-refractivity contribution in [3.05, 3.63) is 77.1 Å². The van der Waals surface area contributed by atoms with E-state index >= 15 is 4.39 Å². The Balaban J connectivity index is 1.37. The van der Waals surface area contributed by atoms with E-state index in [2.05, 4.69) is 23.8 Å². The maximum atomic E-state index is 15.2. The van der Waals surface area contributed by atoms with Gasteiger partial charge in [0.1, 0.15) is 11.6 Å². The molecule has 1 saturated carbocycles. The van der Waals surface area contributed by atoms with E-state index in [1.165, 1.54) is 69.1 Å². The molecule has 3 aromatic rings. The third kappa shape index (κ3) is 6.34. The Morgan fingerprint density at radius 3 is 2.35 bits per heavy atom. The van der Waals surface area contributed by atoms with E-state index in [1.807, 2.05) is 18.2 Å². The second-order valence-electron chi connectivity index (χ2n) is 9.76. The number of hydrogen-bond acceptors (Lipinski definition) is 1. The predicted molar refractivity (Wildman–Crippen MR) is 133 cm³/mol. The number of aryl methyl sites for hydroxylation is 2. The maximum absolute atomic E-state index is 15.2. The van der Waals surface area contributed by atoms with Crippen LogP contribution in [0.2, 0.25) is 0 Å². The van der Waals surface area contributed by atoms with Crippen LogP contribution in [0.1, 0.15) is 80.9 Å². The predicted octanol–water partition coefficient (Wildman–Crippen LogP) is 9.22. The molecular weight excluding hydrogens is 433 g/mol. The van der Waals surface area contributed by atoms with Crippen LogP contribution in [-0.2, 0) is 12.8 Å². The lowest BCUT2D eigenvalue weighted by Crippen LogP contribution is -2.13. The van der Waals surface area contributed by atoms with Gasteiger partial charge in [-0.1, -0.05) is 75.1 Å². The quantitative estimate of drug-likeness (QED) is 0.269. The summed E-state index contributed by atoms with van der Waals surface area (Å²) in [5, 5.41) is 1.65. The van der Waals surface area contributed by atoms with Gasteiger partial charge in [-0.2, -0.15) is 8.78 Å². The van der Waals surface area contributed by atoms with Gasteiger partial charge in [-0.25, -0.2) is 4.39 Å². The lowest BCUT2D eigenvalue weighted by atomic mass is 9.76. The minimum atomic E-state index is -2.83. The van der Waals surface area contributed by atoms with Crippen molar-refractivity contribution in [1.29, 1.82) is 0 Å². The van der Waals surface area contributed by atoms with Crippen LogP contribution in [0.5, 0.6) is 5.75 Å². The van der Waals surface area contributed by atoms with Gasteiger partial charge in [-0.15, -0.1) is 0 Å². The van der Waals surface area contributed by atoms with Gasteiger partial charge < -0.3 is 4.74 Å². The Bertz CT molecular complexity index is 1050. The zero-order chi connectivity index (χ0) is 23.9. The van der Waals surface area contributed by atoms with Crippen molar-refractivity contribution in [2.45, 2.75) is 83.7 Å². The van der Waals surface area contributed by atoms with Crippen LogP contribution in [0.25, 0.3) is 10.8 Å². The Hall–Kier alpha value is -2.49. The number of unbranched alkanes of at least 4 members (excludes halogenated alkanes) is 2. The lowest BCUT2D eigenvalue weighted by Gasteiger charge is -2.29. The molecule has 1 aliphatic rings. The third-order valence-corrected chi connectivity index (χ3v) is 7.42. The average molecular weight is 469 g/mol. The number of rotatable bonds is 10. The van der Waals surface area contributed by atoms with Crippen molar-refractivity contribution >= 4 is 10.8 Å².